The van der Waals surface area contributed by atoms with Gasteiger partial charge in [0.2, 0.25) is 11.8 Å². The number of nitrogens with zero attached hydrogens (tertiary/aromatic N) is 3. The molecule has 0 spiro atoms. The molecule has 1 unspecified atom stereocenters. The van der Waals surface area contributed by atoms with Crippen LogP contribution in [-0.4, -0.2) is 54.0 Å². The van der Waals surface area contributed by atoms with Crippen LogP contribution in [0, 0.1) is 0 Å². The number of aromatic nitrogens is 1. The molecule has 1 aromatic carbocycles. The molecule has 6 heteroatoms. The van der Waals surface area contributed by atoms with E-state index in [1.165, 1.54) is 12.8 Å². The minimum atomic E-state index is -0.324. The fourth-order valence-corrected chi connectivity index (χ4v) is 3.78. The van der Waals surface area contributed by atoms with E-state index >= 15 is 0 Å². The van der Waals surface area contributed by atoms with Crippen LogP contribution in [0.3, 0.4) is 0 Å². The number of ether oxygens (including phenoxy) is 1. The van der Waals surface area contributed by atoms with E-state index in [4.69, 9.17) is 9.15 Å². The quantitative estimate of drug-likeness (QED) is 0.824. The van der Waals surface area contributed by atoms with Crippen molar-refractivity contribution in [3.05, 3.63) is 53.2 Å². The van der Waals surface area contributed by atoms with Crippen LogP contribution in [0.1, 0.15) is 41.9 Å². The summed E-state index contributed by atoms with van der Waals surface area (Å²) in [6.45, 7) is 3.80. The highest BCUT2D eigenvalue weighted by atomic mass is 16.5. The van der Waals surface area contributed by atoms with Gasteiger partial charge in [0.25, 0.3) is 0 Å². The Balaban J connectivity index is 1.47. The Morgan fingerprint density at radius 2 is 2.00 bits per heavy atom. The fourth-order valence-electron chi connectivity index (χ4n) is 3.78. The molecule has 0 N–H and O–H groups in total. The molecule has 6 nitrogen and oxygen atoms in total. The summed E-state index contributed by atoms with van der Waals surface area (Å²) in [7, 11) is 1.66. The van der Waals surface area contributed by atoms with Gasteiger partial charge in [-0.2, -0.15) is 0 Å². The predicted octanol–water partition coefficient (Wildman–Crippen LogP) is 2.39. The van der Waals surface area contributed by atoms with Crippen LogP contribution in [0.5, 0.6) is 0 Å². The topological polar surface area (TPSA) is 58.8 Å². The van der Waals surface area contributed by atoms with Crippen molar-refractivity contribution in [1.29, 1.82) is 0 Å². The van der Waals surface area contributed by atoms with Crippen molar-refractivity contribution in [2.75, 3.05) is 33.3 Å². The number of benzene rings is 1. The molecule has 4 rings (SSSR count). The van der Waals surface area contributed by atoms with Gasteiger partial charge in [-0.1, -0.05) is 30.3 Å². The average molecular weight is 355 g/mol. The lowest BCUT2D eigenvalue weighted by Gasteiger charge is -2.27. The van der Waals surface area contributed by atoms with Crippen molar-refractivity contribution in [2.45, 2.75) is 31.9 Å². The summed E-state index contributed by atoms with van der Waals surface area (Å²) in [6.07, 6.45) is 2.78. The zero-order valence-electron chi connectivity index (χ0n) is 15.2. The van der Waals surface area contributed by atoms with Crippen LogP contribution in [0.2, 0.25) is 0 Å². The number of oxazole rings is 1. The van der Waals surface area contributed by atoms with E-state index in [1.807, 2.05) is 35.2 Å². The SMILES string of the molecule is COC(c1ccccc1)c1nc2c(o1)CCN(C(=O)CN1CCCC1)C2. The zero-order chi connectivity index (χ0) is 17.9. The van der Waals surface area contributed by atoms with E-state index < -0.39 is 0 Å². The minimum absolute atomic E-state index is 0.188. The second-order valence-corrected chi connectivity index (χ2v) is 7.00. The van der Waals surface area contributed by atoms with Crippen LogP contribution in [0.15, 0.2) is 34.7 Å². The van der Waals surface area contributed by atoms with Gasteiger partial charge in [0.1, 0.15) is 11.5 Å². The second kappa shape index (κ2) is 7.60. The van der Waals surface area contributed by atoms with Gasteiger partial charge in [-0.3, -0.25) is 9.69 Å². The number of carbonyl (C=O) groups excluding carboxylic acids is 1. The minimum Gasteiger partial charge on any atom is -0.442 e. The lowest BCUT2D eigenvalue weighted by Crippen LogP contribution is -2.41. The van der Waals surface area contributed by atoms with E-state index in [9.17, 15) is 4.79 Å². The molecule has 26 heavy (non-hydrogen) atoms. The third-order valence-corrected chi connectivity index (χ3v) is 5.22. The summed E-state index contributed by atoms with van der Waals surface area (Å²) >= 11 is 0. The number of hydrogen-bond acceptors (Lipinski definition) is 5. The standard InChI is InChI=1S/C20H25N3O3/c1-25-19(15-7-3-2-4-8-15)20-21-16-13-23(12-9-17(16)26-20)18(24)14-22-10-5-6-11-22/h2-4,7-8,19H,5-6,9-14H2,1H3. The number of fused-ring (bicyclic) bond motifs is 1. The van der Waals surface area contributed by atoms with Gasteiger partial charge in [-0.05, 0) is 31.5 Å². The molecule has 1 atom stereocenters. The highest BCUT2D eigenvalue weighted by molar-refractivity contribution is 5.78. The van der Waals surface area contributed by atoms with Gasteiger partial charge < -0.3 is 14.1 Å². The van der Waals surface area contributed by atoms with Crippen LogP contribution < -0.4 is 0 Å². The van der Waals surface area contributed by atoms with Crippen LogP contribution in [-0.2, 0) is 22.5 Å². The van der Waals surface area contributed by atoms with Crippen molar-refractivity contribution < 1.29 is 13.9 Å². The third-order valence-electron chi connectivity index (χ3n) is 5.22. The van der Waals surface area contributed by atoms with E-state index in [0.717, 1.165) is 30.1 Å². The molecule has 2 aliphatic heterocycles. The molecule has 3 heterocycles. The van der Waals surface area contributed by atoms with E-state index in [0.29, 0.717) is 31.9 Å². The number of amides is 1. The molecule has 1 fully saturated rings. The molecule has 1 aromatic heterocycles. The first kappa shape index (κ1) is 17.2. The summed E-state index contributed by atoms with van der Waals surface area (Å²) in [6, 6.07) is 9.93. The summed E-state index contributed by atoms with van der Waals surface area (Å²) in [4.78, 5) is 21.4. The molecule has 0 radical (unpaired) electrons. The Bertz CT molecular complexity index is 753. The second-order valence-electron chi connectivity index (χ2n) is 7.00. The van der Waals surface area contributed by atoms with Gasteiger partial charge >= 0.3 is 0 Å². The molecule has 0 saturated carbocycles. The first-order valence-electron chi connectivity index (χ1n) is 9.31. The largest absolute Gasteiger partial charge is 0.442 e. The molecular formula is C20H25N3O3. The number of carbonyl (C=O) groups is 1. The van der Waals surface area contributed by atoms with Crippen LogP contribution >= 0.6 is 0 Å². The third kappa shape index (κ3) is 3.52. The number of rotatable bonds is 5. The lowest BCUT2D eigenvalue weighted by molar-refractivity contribution is -0.133. The van der Waals surface area contributed by atoms with Crippen LogP contribution in [0.4, 0.5) is 0 Å². The van der Waals surface area contributed by atoms with E-state index in [-0.39, 0.29) is 12.0 Å². The summed E-state index contributed by atoms with van der Waals surface area (Å²) in [5.41, 5.74) is 1.87. The normalized spacial score (nSPS) is 18.7. The summed E-state index contributed by atoms with van der Waals surface area (Å²) < 4.78 is 11.6. The number of likely N-dealkylation sites (tertiary alicyclic amines) is 1. The van der Waals surface area contributed by atoms with Gasteiger partial charge in [0.15, 0.2) is 6.10 Å². The van der Waals surface area contributed by atoms with Gasteiger partial charge in [0.05, 0.1) is 13.1 Å². The molecule has 1 saturated heterocycles. The summed E-state index contributed by atoms with van der Waals surface area (Å²) in [5.74, 6) is 1.63. The monoisotopic (exact) mass is 355 g/mol. The van der Waals surface area contributed by atoms with Gasteiger partial charge in [0, 0.05) is 20.1 Å². The van der Waals surface area contributed by atoms with Crippen molar-refractivity contribution in [3.8, 4) is 0 Å². The first-order chi connectivity index (χ1) is 12.7. The van der Waals surface area contributed by atoms with E-state index in [2.05, 4.69) is 9.88 Å². The fraction of sp³-hybridized carbons (Fsp3) is 0.500. The van der Waals surface area contributed by atoms with Crippen LogP contribution in [0.25, 0.3) is 0 Å². The smallest absolute Gasteiger partial charge is 0.237 e. The van der Waals surface area contributed by atoms with Gasteiger partial charge in [-0.15, -0.1) is 0 Å². The molecule has 0 bridgehead atoms. The molecule has 2 aliphatic rings. The highest BCUT2D eigenvalue weighted by Gasteiger charge is 2.29. The first-order valence-corrected chi connectivity index (χ1v) is 9.31. The van der Waals surface area contributed by atoms with Crippen molar-refractivity contribution in [2.24, 2.45) is 0 Å². The number of hydrogen-bond donors (Lipinski definition) is 0. The zero-order valence-corrected chi connectivity index (χ0v) is 15.2. The molecule has 2 aromatic rings. The average Bonchev–Trinajstić information content (AvgIpc) is 3.32. The van der Waals surface area contributed by atoms with Crippen molar-refractivity contribution in [1.82, 2.24) is 14.8 Å². The molecule has 138 valence electrons. The Kier molecular flexibility index (Phi) is 5.04. The van der Waals surface area contributed by atoms with Crippen molar-refractivity contribution in [3.63, 3.8) is 0 Å². The maximum Gasteiger partial charge on any atom is 0.237 e. The highest BCUT2D eigenvalue weighted by Crippen LogP contribution is 2.29. The Labute approximate surface area is 153 Å². The molecular weight excluding hydrogens is 330 g/mol. The predicted molar refractivity (Wildman–Crippen MR) is 96.6 cm³/mol. The summed E-state index contributed by atoms with van der Waals surface area (Å²) in [5, 5.41) is 0. The van der Waals surface area contributed by atoms with E-state index in [1.54, 1.807) is 7.11 Å². The molecule has 0 aliphatic carbocycles. The lowest BCUT2D eigenvalue weighted by atomic mass is 10.1. The maximum absolute atomic E-state index is 12.6. The Morgan fingerprint density at radius 3 is 2.73 bits per heavy atom. The Morgan fingerprint density at radius 1 is 1.23 bits per heavy atom. The molecule has 1 amide bonds. The Hall–Kier alpha value is -2.18. The van der Waals surface area contributed by atoms with Crippen molar-refractivity contribution >= 4 is 5.91 Å². The van der Waals surface area contributed by atoms with Gasteiger partial charge in [-0.25, -0.2) is 4.98 Å². The number of methoxy groups -OCH3 is 1. The maximum atomic E-state index is 12.6.